The fraction of sp³-hybridized carbons (Fsp3) is 0.500. The Labute approximate surface area is 164 Å². The molecule has 0 bridgehead atoms. The summed E-state index contributed by atoms with van der Waals surface area (Å²) in [4.78, 5) is 49.0. The Morgan fingerprint density at radius 1 is 1.25 bits per heavy atom. The van der Waals surface area contributed by atoms with Crippen LogP contribution in [0.1, 0.15) is 31.2 Å². The van der Waals surface area contributed by atoms with E-state index >= 15 is 0 Å². The molecule has 8 nitrogen and oxygen atoms in total. The highest BCUT2D eigenvalue weighted by molar-refractivity contribution is 5.91. The number of hydrogen-bond donors (Lipinski definition) is 3. The molecule has 0 aliphatic carbocycles. The number of likely N-dealkylation sites (N-methyl/N-ethyl adjacent to an activating group) is 1. The van der Waals surface area contributed by atoms with Gasteiger partial charge in [0.05, 0.1) is 12.1 Å². The van der Waals surface area contributed by atoms with Crippen LogP contribution in [0.2, 0.25) is 0 Å². The van der Waals surface area contributed by atoms with Crippen LogP contribution in [0, 0.1) is 0 Å². The fourth-order valence-electron chi connectivity index (χ4n) is 3.33. The Kier molecular flexibility index (Phi) is 8.13. The number of carboxylic acids is 1. The maximum absolute atomic E-state index is 12.9. The minimum absolute atomic E-state index is 0.0379. The van der Waals surface area contributed by atoms with Crippen molar-refractivity contribution in [2.75, 3.05) is 13.6 Å². The van der Waals surface area contributed by atoms with Crippen molar-refractivity contribution in [3.63, 3.8) is 0 Å². The number of carbonyl (C=O) groups is 3. The number of rotatable bonds is 10. The zero-order chi connectivity index (χ0) is 20.5. The highest BCUT2D eigenvalue weighted by Gasteiger charge is 2.35. The largest absolute Gasteiger partial charge is 0.481 e. The Balaban J connectivity index is 2.09. The maximum atomic E-state index is 12.9. The zero-order valence-corrected chi connectivity index (χ0v) is 15.9. The van der Waals surface area contributed by atoms with Gasteiger partial charge in [-0.2, -0.15) is 0 Å². The van der Waals surface area contributed by atoms with E-state index in [-0.39, 0.29) is 18.7 Å². The van der Waals surface area contributed by atoms with E-state index in [2.05, 4.69) is 10.6 Å². The van der Waals surface area contributed by atoms with Gasteiger partial charge < -0.3 is 20.6 Å². The predicted molar refractivity (Wildman–Crippen MR) is 102 cm³/mol. The molecule has 3 atom stereocenters. The summed E-state index contributed by atoms with van der Waals surface area (Å²) in [7, 11) is 1.65. The van der Waals surface area contributed by atoms with Gasteiger partial charge in [-0.3, -0.25) is 19.2 Å². The van der Waals surface area contributed by atoms with E-state index in [0.29, 0.717) is 25.8 Å². The number of nitrogens with zero attached hydrogens (tertiary/aromatic N) is 1. The van der Waals surface area contributed by atoms with Crippen LogP contribution in [-0.4, -0.2) is 65.8 Å². The molecular formula is C20H26N3O5. The first-order chi connectivity index (χ1) is 13.5. The van der Waals surface area contributed by atoms with Gasteiger partial charge in [-0.25, -0.2) is 0 Å². The predicted octanol–water partition coefficient (Wildman–Crippen LogP) is 0.267. The van der Waals surface area contributed by atoms with Crippen LogP contribution in [-0.2, 0) is 25.6 Å². The summed E-state index contributed by atoms with van der Waals surface area (Å²) >= 11 is 0. The fourth-order valence-corrected chi connectivity index (χ4v) is 3.33. The number of amides is 2. The van der Waals surface area contributed by atoms with E-state index in [1.807, 2.05) is 36.6 Å². The number of carbonyl (C=O) groups excluding carboxylic acids is 3. The highest BCUT2D eigenvalue weighted by atomic mass is 16.4. The minimum Gasteiger partial charge on any atom is -0.481 e. The normalized spacial score (nSPS) is 18.3. The van der Waals surface area contributed by atoms with Crippen LogP contribution in [0.15, 0.2) is 30.3 Å². The van der Waals surface area contributed by atoms with Gasteiger partial charge in [0.2, 0.25) is 18.1 Å². The van der Waals surface area contributed by atoms with Gasteiger partial charge in [-0.05, 0) is 38.3 Å². The smallest absolute Gasteiger partial charge is 0.303 e. The molecule has 2 rings (SSSR count). The van der Waals surface area contributed by atoms with Crippen molar-refractivity contribution in [3.05, 3.63) is 35.9 Å². The quantitative estimate of drug-likeness (QED) is 0.530. The number of likely N-dealkylation sites (tertiary alicyclic amines) is 1. The van der Waals surface area contributed by atoms with E-state index in [1.165, 1.54) is 4.90 Å². The summed E-state index contributed by atoms with van der Waals surface area (Å²) in [5.74, 6) is -1.88. The lowest BCUT2D eigenvalue weighted by Gasteiger charge is -2.27. The van der Waals surface area contributed by atoms with Crippen molar-refractivity contribution in [2.24, 2.45) is 0 Å². The third-order valence-corrected chi connectivity index (χ3v) is 4.88. The summed E-state index contributed by atoms with van der Waals surface area (Å²) < 4.78 is 0. The Hall–Kier alpha value is -2.74. The van der Waals surface area contributed by atoms with Crippen LogP contribution in [0.25, 0.3) is 0 Å². The summed E-state index contributed by atoms with van der Waals surface area (Å²) in [6, 6.07) is 7.24. The van der Waals surface area contributed by atoms with E-state index in [4.69, 9.17) is 5.11 Å². The molecule has 1 saturated heterocycles. The van der Waals surface area contributed by atoms with Crippen molar-refractivity contribution in [3.8, 4) is 0 Å². The Morgan fingerprint density at radius 2 is 1.96 bits per heavy atom. The first-order valence-electron chi connectivity index (χ1n) is 9.37. The molecule has 1 aromatic rings. The van der Waals surface area contributed by atoms with Gasteiger partial charge in [0.25, 0.3) is 0 Å². The van der Waals surface area contributed by atoms with E-state index in [9.17, 15) is 19.2 Å². The molecule has 1 heterocycles. The second-order valence-corrected chi connectivity index (χ2v) is 6.83. The number of nitrogens with one attached hydrogen (secondary N) is 2. The molecule has 28 heavy (non-hydrogen) atoms. The molecular weight excluding hydrogens is 362 g/mol. The molecule has 1 radical (unpaired) electrons. The van der Waals surface area contributed by atoms with Gasteiger partial charge in [-0.1, -0.05) is 30.3 Å². The number of aliphatic carboxylic acids is 1. The summed E-state index contributed by atoms with van der Waals surface area (Å²) in [6.45, 7) is 0.400. The van der Waals surface area contributed by atoms with Gasteiger partial charge in [0.1, 0.15) is 6.04 Å². The lowest BCUT2D eigenvalue weighted by molar-refractivity contribution is -0.139. The van der Waals surface area contributed by atoms with Crippen LogP contribution in [0.4, 0.5) is 0 Å². The number of carboxylic acid groups (broad SMARTS) is 1. The molecule has 1 aromatic carbocycles. The van der Waals surface area contributed by atoms with E-state index < -0.39 is 30.0 Å². The monoisotopic (exact) mass is 388 g/mol. The number of hydrogen-bond acceptors (Lipinski definition) is 5. The van der Waals surface area contributed by atoms with Crippen molar-refractivity contribution >= 4 is 24.1 Å². The summed E-state index contributed by atoms with van der Waals surface area (Å²) in [6.07, 6.45) is 3.19. The average molecular weight is 388 g/mol. The molecule has 0 saturated carbocycles. The molecule has 1 fully saturated rings. The average Bonchev–Trinajstić information content (AvgIpc) is 3.18. The highest BCUT2D eigenvalue weighted by Crippen LogP contribution is 2.18. The van der Waals surface area contributed by atoms with Crippen LogP contribution < -0.4 is 10.6 Å². The van der Waals surface area contributed by atoms with Crippen LogP contribution >= 0.6 is 0 Å². The van der Waals surface area contributed by atoms with Crippen LogP contribution in [0.5, 0.6) is 0 Å². The first-order valence-corrected chi connectivity index (χ1v) is 9.37. The minimum atomic E-state index is -1.05. The SMILES string of the molecule is CN[C@@H](Cc1ccccc1)C(=O)N[C@@H](CCC(=O)O)C(=O)N1CCC[C@H]1[C]=O. The maximum Gasteiger partial charge on any atom is 0.303 e. The van der Waals surface area contributed by atoms with Gasteiger partial charge in [0, 0.05) is 13.0 Å². The standard InChI is InChI=1S/C20H26N3O5/c1-21-17(12-14-6-3-2-4-7-14)19(27)22-16(9-10-18(25)26)20(28)23-11-5-8-15(23)13-24/h2-4,6-7,15-17,21H,5,8-12H2,1H3,(H,22,27)(H,25,26)/t15-,16-,17-/m0/s1. The molecule has 3 N–H and O–H groups in total. The number of benzene rings is 1. The van der Waals surface area contributed by atoms with Gasteiger partial charge >= 0.3 is 5.97 Å². The Bertz CT molecular complexity index is 694. The lowest BCUT2D eigenvalue weighted by atomic mass is 10.0. The van der Waals surface area contributed by atoms with Gasteiger partial charge in [0.15, 0.2) is 0 Å². The third kappa shape index (κ3) is 5.88. The first kappa shape index (κ1) is 21.6. The van der Waals surface area contributed by atoms with E-state index in [0.717, 1.165) is 5.56 Å². The molecule has 0 unspecified atom stereocenters. The molecule has 151 valence electrons. The zero-order valence-electron chi connectivity index (χ0n) is 15.9. The van der Waals surface area contributed by atoms with Crippen molar-refractivity contribution in [1.29, 1.82) is 0 Å². The molecule has 0 spiro atoms. The molecule has 0 aromatic heterocycles. The lowest BCUT2D eigenvalue weighted by Crippen LogP contribution is -2.54. The van der Waals surface area contributed by atoms with Crippen molar-refractivity contribution in [2.45, 2.75) is 50.2 Å². The molecule has 8 heteroatoms. The Morgan fingerprint density at radius 3 is 2.57 bits per heavy atom. The van der Waals surface area contributed by atoms with Crippen molar-refractivity contribution in [1.82, 2.24) is 15.5 Å². The summed E-state index contributed by atoms with van der Waals surface area (Å²) in [5.41, 5.74) is 0.959. The molecule has 1 aliphatic rings. The van der Waals surface area contributed by atoms with Crippen molar-refractivity contribution < 1.29 is 24.3 Å². The summed E-state index contributed by atoms with van der Waals surface area (Å²) in [5, 5.41) is 14.6. The molecule has 2 amide bonds. The van der Waals surface area contributed by atoms with E-state index in [1.54, 1.807) is 7.05 Å². The topological polar surface area (TPSA) is 116 Å². The molecule has 1 aliphatic heterocycles. The van der Waals surface area contributed by atoms with Gasteiger partial charge in [-0.15, -0.1) is 0 Å². The second kappa shape index (κ2) is 10.6. The third-order valence-electron chi connectivity index (χ3n) is 4.88. The van der Waals surface area contributed by atoms with Crippen LogP contribution in [0.3, 0.4) is 0 Å². The second-order valence-electron chi connectivity index (χ2n) is 6.83.